The molecule has 1 amide bonds. The second-order valence-electron chi connectivity index (χ2n) is 4.23. The van der Waals surface area contributed by atoms with Crippen molar-refractivity contribution in [3.8, 4) is 0 Å². The summed E-state index contributed by atoms with van der Waals surface area (Å²) in [5.74, 6) is -0.864. The van der Waals surface area contributed by atoms with E-state index in [0.29, 0.717) is 17.4 Å². The Bertz CT molecular complexity index is 504. The van der Waals surface area contributed by atoms with Crippen LogP contribution in [0.4, 0.5) is 5.69 Å². The molecule has 0 aliphatic carbocycles. The Labute approximate surface area is 110 Å². The van der Waals surface area contributed by atoms with Gasteiger partial charge in [0.25, 0.3) is 0 Å². The standard InChI is InChI=1S/C12H13ClN2O3/c1-7-3-9(5-14-11(7)13)15-6-8(4-10(15)16)12(17)18-2/h3,5,8H,4,6H2,1-2H3. The number of aryl methyl sites for hydroxylation is 1. The van der Waals surface area contributed by atoms with Gasteiger partial charge in [0.1, 0.15) is 5.15 Å². The number of pyridine rings is 1. The van der Waals surface area contributed by atoms with E-state index in [2.05, 4.69) is 9.72 Å². The lowest BCUT2D eigenvalue weighted by Crippen LogP contribution is -2.26. The zero-order valence-electron chi connectivity index (χ0n) is 10.1. The molecule has 6 heteroatoms. The molecule has 96 valence electrons. The zero-order valence-corrected chi connectivity index (χ0v) is 10.9. The normalized spacial score (nSPS) is 19.2. The van der Waals surface area contributed by atoms with Crippen LogP contribution in [0.2, 0.25) is 5.15 Å². The van der Waals surface area contributed by atoms with Crippen LogP contribution in [0, 0.1) is 12.8 Å². The van der Waals surface area contributed by atoms with Crippen molar-refractivity contribution in [1.29, 1.82) is 0 Å². The molecule has 5 nitrogen and oxygen atoms in total. The van der Waals surface area contributed by atoms with Gasteiger partial charge >= 0.3 is 5.97 Å². The van der Waals surface area contributed by atoms with Crippen molar-refractivity contribution in [3.63, 3.8) is 0 Å². The Balaban J connectivity index is 2.21. The van der Waals surface area contributed by atoms with Gasteiger partial charge in [0, 0.05) is 13.0 Å². The van der Waals surface area contributed by atoms with Crippen LogP contribution < -0.4 is 4.90 Å². The SMILES string of the molecule is COC(=O)C1CC(=O)N(c2cnc(Cl)c(C)c2)C1. The van der Waals surface area contributed by atoms with E-state index in [9.17, 15) is 9.59 Å². The molecule has 1 aromatic heterocycles. The highest BCUT2D eigenvalue weighted by Crippen LogP contribution is 2.27. The van der Waals surface area contributed by atoms with Crippen LogP contribution in [0.15, 0.2) is 12.3 Å². The van der Waals surface area contributed by atoms with E-state index in [1.165, 1.54) is 18.2 Å². The van der Waals surface area contributed by atoms with Gasteiger partial charge < -0.3 is 9.64 Å². The maximum absolute atomic E-state index is 11.9. The number of anilines is 1. The molecule has 0 N–H and O–H groups in total. The Morgan fingerprint density at radius 1 is 1.61 bits per heavy atom. The smallest absolute Gasteiger partial charge is 0.311 e. The topological polar surface area (TPSA) is 59.5 Å². The number of amides is 1. The molecule has 1 atom stereocenters. The average molecular weight is 269 g/mol. The van der Waals surface area contributed by atoms with Gasteiger partial charge in [0.05, 0.1) is 24.9 Å². The monoisotopic (exact) mass is 268 g/mol. The highest BCUT2D eigenvalue weighted by molar-refractivity contribution is 6.30. The van der Waals surface area contributed by atoms with E-state index >= 15 is 0 Å². The van der Waals surface area contributed by atoms with Crippen LogP contribution in [0.5, 0.6) is 0 Å². The molecule has 1 fully saturated rings. The lowest BCUT2D eigenvalue weighted by atomic mass is 10.1. The third-order valence-corrected chi connectivity index (χ3v) is 3.37. The van der Waals surface area contributed by atoms with Crippen LogP contribution in [-0.2, 0) is 14.3 Å². The van der Waals surface area contributed by atoms with Crippen LogP contribution in [0.25, 0.3) is 0 Å². The summed E-state index contributed by atoms with van der Waals surface area (Å²) in [5.41, 5.74) is 1.46. The van der Waals surface area contributed by atoms with E-state index in [1.807, 2.05) is 6.92 Å². The van der Waals surface area contributed by atoms with Crippen LogP contribution in [-0.4, -0.2) is 30.5 Å². The fraction of sp³-hybridized carbons (Fsp3) is 0.417. The van der Waals surface area contributed by atoms with Gasteiger partial charge in [-0.15, -0.1) is 0 Å². The fourth-order valence-electron chi connectivity index (χ4n) is 1.97. The minimum absolute atomic E-state index is 0.103. The molecule has 2 heterocycles. The van der Waals surface area contributed by atoms with E-state index in [4.69, 9.17) is 11.6 Å². The van der Waals surface area contributed by atoms with E-state index in [-0.39, 0.29) is 18.3 Å². The summed E-state index contributed by atoms with van der Waals surface area (Å²) < 4.78 is 4.65. The lowest BCUT2D eigenvalue weighted by molar-refractivity contribution is -0.145. The average Bonchev–Trinajstić information content (AvgIpc) is 2.74. The first-order valence-electron chi connectivity index (χ1n) is 5.53. The lowest BCUT2D eigenvalue weighted by Gasteiger charge is -2.16. The number of esters is 1. The van der Waals surface area contributed by atoms with Gasteiger partial charge in [-0.05, 0) is 18.6 Å². The molecular weight excluding hydrogens is 256 g/mol. The molecule has 1 unspecified atom stereocenters. The third-order valence-electron chi connectivity index (χ3n) is 2.97. The molecule has 0 aromatic carbocycles. The highest BCUT2D eigenvalue weighted by atomic mass is 35.5. The zero-order chi connectivity index (χ0) is 13.3. The number of ether oxygens (including phenoxy) is 1. The number of hydrogen-bond donors (Lipinski definition) is 0. The first kappa shape index (κ1) is 12.8. The largest absolute Gasteiger partial charge is 0.469 e. The van der Waals surface area contributed by atoms with E-state index in [0.717, 1.165) is 5.56 Å². The minimum atomic E-state index is -0.404. The molecule has 1 aliphatic rings. The highest BCUT2D eigenvalue weighted by Gasteiger charge is 2.36. The van der Waals surface area contributed by atoms with Crippen molar-refractivity contribution >= 4 is 29.2 Å². The Morgan fingerprint density at radius 2 is 2.33 bits per heavy atom. The van der Waals surface area contributed by atoms with Crippen molar-refractivity contribution in [2.75, 3.05) is 18.6 Å². The van der Waals surface area contributed by atoms with Crippen LogP contribution in [0.1, 0.15) is 12.0 Å². The Hall–Kier alpha value is -1.62. The van der Waals surface area contributed by atoms with Crippen LogP contribution >= 0.6 is 11.6 Å². The number of methoxy groups -OCH3 is 1. The van der Waals surface area contributed by atoms with Crippen molar-refractivity contribution in [2.45, 2.75) is 13.3 Å². The third kappa shape index (κ3) is 2.31. The van der Waals surface area contributed by atoms with E-state index in [1.54, 1.807) is 6.07 Å². The summed E-state index contributed by atoms with van der Waals surface area (Å²) in [5, 5.41) is 0.412. The predicted octanol–water partition coefficient (Wildman–Crippen LogP) is 1.57. The van der Waals surface area contributed by atoms with Crippen molar-refractivity contribution < 1.29 is 14.3 Å². The molecule has 1 saturated heterocycles. The number of aromatic nitrogens is 1. The van der Waals surface area contributed by atoms with Gasteiger partial charge in [-0.1, -0.05) is 11.6 Å². The van der Waals surface area contributed by atoms with Crippen molar-refractivity contribution in [1.82, 2.24) is 4.98 Å². The first-order valence-corrected chi connectivity index (χ1v) is 5.91. The van der Waals surface area contributed by atoms with Crippen LogP contribution in [0.3, 0.4) is 0 Å². The summed E-state index contributed by atoms with van der Waals surface area (Å²) in [6.07, 6.45) is 1.71. The van der Waals surface area contributed by atoms with Crippen molar-refractivity contribution in [3.05, 3.63) is 23.0 Å². The van der Waals surface area contributed by atoms with Gasteiger partial charge in [-0.3, -0.25) is 9.59 Å². The molecular formula is C12H13ClN2O3. The maximum Gasteiger partial charge on any atom is 0.311 e. The molecule has 0 radical (unpaired) electrons. The molecule has 2 rings (SSSR count). The number of nitrogens with zero attached hydrogens (tertiary/aromatic N) is 2. The van der Waals surface area contributed by atoms with Gasteiger partial charge in [0.2, 0.25) is 5.91 Å². The summed E-state index contributed by atoms with van der Waals surface area (Å²) in [4.78, 5) is 28.8. The van der Waals surface area contributed by atoms with Gasteiger partial charge in [0.15, 0.2) is 0 Å². The van der Waals surface area contributed by atoms with Gasteiger partial charge in [-0.25, -0.2) is 4.98 Å². The Kier molecular flexibility index (Phi) is 3.52. The summed E-state index contributed by atoms with van der Waals surface area (Å²) in [6.45, 7) is 2.14. The molecule has 0 bridgehead atoms. The molecule has 1 aliphatic heterocycles. The van der Waals surface area contributed by atoms with E-state index < -0.39 is 5.92 Å². The van der Waals surface area contributed by atoms with Gasteiger partial charge in [-0.2, -0.15) is 0 Å². The fourth-order valence-corrected chi connectivity index (χ4v) is 2.08. The number of hydrogen-bond acceptors (Lipinski definition) is 4. The first-order chi connectivity index (χ1) is 8.52. The molecule has 0 saturated carbocycles. The summed E-state index contributed by atoms with van der Waals surface area (Å²) in [7, 11) is 1.32. The summed E-state index contributed by atoms with van der Waals surface area (Å²) in [6, 6.07) is 1.78. The minimum Gasteiger partial charge on any atom is -0.469 e. The molecule has 18 heavy (non-hydrogen) atoms. The number of carbonyl (C=O) groups excluding carboxylic acids is 2. The number of rotatable bonds is 2. The number of halogens is 1. The second-order valence-corrected chi connectivity index (χ2v) is 4.59. The second kappa shape index (κ2) is 4.94. The molecule has 1 aromatic rings. The maximum atomic E-state index is 11.9. The number of carbonyl (C=O) groups is 2. The van der Waals surface area contributed by atoms with Crippen molar-refractivity contribution in [2.24, 2.45) is 5.92 Å². The quantitative estimate of drug-likeness (QED) is 0.603. The Morgan fingerprint density at radius 3 is 2.94 bits per heavy atom. The summed E-state index contributed by atoms with van der Waals surface area (Å²) >= 11 is 5.84. The predicted molar refractivity (Wildman–Crippen MR) is 66.5 cm³/mol. The molecule has 0 spiro atoms.